The number of rotatable bonds is 26. The minimum atomic E-state index is -1.92. The van der Waals surface area contributed by atoms with Crippen molar-refractivity contribution in [1.82, 2.24) is 5.32 Å². The molecule has 0 amide bonds. The van der Waals surface area contributed by atoms with Crippen molar-refractivity contribution in [2.45, 2.75) is 136 Å². The van der Waals surface area contributed by atoms with Crippen molar-refractivity contribution in [3.05, 3.63) is 0 Å². The molecule has 3 unspecified atom stereocenters. The van der Waals surface area contributed by atoms with Crippen LogP contribution in [0.4, 0.5) is 0 Å². The molecule has 0 spiro atoms. The van der Waals surface area contributed by atoms with E-state index in [2.05, 4.69) is 19.2 Å². The Balaban J connectivity index is 3.73. The first-order valence-electron chi connectivity index (χ1n) is 14.1. The summed E-state index contributed by atoms with van der Waals surface area (Å²) in [7, 11) is -0.0475. The molecular formula is C27H56NO5P. The number of hydrogen-bond donors (Lipinski definition) is 2. The van der Waals surface area contributed by atoms with Crippen LogP contribution in [-0.2, 0) is 18.6 Å². The molecule has 0 saturated heterocycles. The SMILES string of the molecule is CCCCCCCCCCCCCCCC(C)CCC(COP(O)OCCCNC)OC(C)=O. The van der Waals surface area contributed by atoms with E-state index in [4.69, 9.17) is 13.8 Å². The fourth-order valence-corrected chi connectivity index (χ4v) is 4.77. The molecule has 2 N–H and O–H groups in total. The van der Waals surface area contributed by atoms with Gasteiger partial charge in [0, 0.05) is 6.92 Å². The lowest BCUT2D eigenvalue weighted by Crippen LogP contribution is -2.22. The highest BCUT2D eigenvalue weighted by Crippen LogP contribution is 2.33. The normalized spacial score (nSPS) is 14.1. The summed E-state index contributed by atoms with van der Waals surface area (Å²) in [5.41, 5.74) is 0. The molecule has 204 valence electrons. The Morgan fingerprint density at radius 3 is 1.91 bits per heavy atom. The fourth-order valence-electron chi connectivity index (χ4n) is 4.11. The molecule has 0 aromatic rings. The van der Waals surface area contributed by atoms with E-state index in [-0.39, 0.29) is 18.7 Å². The molecule has 0 aromatic heterocycles. The van der Waals surface area contributed by atoms with E-state index in [1.807, 2.05) is 7.05 Å². The predicted molar refractivity (Wildman–Crippen MR) is 144 cm³/mol. The molecule has 34 heavy (non-hydrogen) atoms. The third-order valence-electron chi connectivity index (χ3n) is 6.26. The zero-order valence-corrected chi connectivity index (χ0v) is 23.7. The van der Waals surface area contributed by atoms with E-state index < -0.39 is 8.60 Å². The lowest BCUT2D eigenvalue weighted by Gasteiger charge is -2.20. The molecule has 0 aliphatic carbocycles. The van der Waals surface area contributed by atoms with Crippen molar-refractivity contribution in [2.75, 3.05) is 26.8 Å². The lowest BCUT2D eigenvalue weighted by atomic mass is 9.96. The topological polar surface area (TPSA) is 77.0 Å². The number of nitrogens with one attached hydrogen (secondary N) is 1. The Morgan fingerprint density at radius 1 is 0.824 bits per heavy atom. The van der Waals surface area contributed by atoms with Crippen LogP contribution in [0.5, 0.6) is 0 Å². The smallest absolute Gasteiger partial charge is 0.329 e. The maximum atomic E-state index is 11.4. The molecule has 0 heterocycles. The molecular weight excluding hydrogens is 449 g/mol. The second kappa shape index (κ2) is 25.8. The van der Waals surface area contributed by atoms with E-state index in [0.29, 0.717) is 12.5 Å². The Hall–Kier alpha value is -0.260. The van der Waals surface area contributed by atoms with Gasteiger partial charge in [0.25, 0.3) is 0 Å². The Bertz CT molecular complexity index is 441. The van der Waals surface area contributed by atoms with Crippen LogP contribution in [0.3, 0.4) is 0 Å². The van der Waals surface area contributed by atoms with E-state index in [0.717, 1.165) is 25.8 Å². The molecule has 0 aromatic carbocycles. The van der Waals surface area contributed by atoms with E-state index in [1.54, 1.807) is 0 Å². The van der Waals surface area contributed by atoms with E-state index in [1.165, 1.54) is 96.8 Å². The Kier molecular flexibility index (Phi) is 25.6. The van der Waals surface area contributed by atoms with Crippen molar-refractivity contribution >= 4 is 14.6 Å². The summed E-state index contributed by atoms with van der Waals surface area (Å²) in [6, 6.07) is 0. The van der Waals surface area contributed by atoms with E-state index >= 15 is 0 Å². The molecule has 0 radical (unpaired) electrons. The highest BCUT2D eigenvalue weighted by atomic mass is 31.2. The van der Waals surface area contributed by atoms with Crippen LogP contribution in [-0.4, -0.2) is 43.8 Å². The highest BCUT2D eigenvalue weighted by Gasteiger charge is 2.17. The Morgan fingerprint density at radius 2 is 1.38 bits per heavy atom. The van der Waals surface area contributed by atoms with Crippen molar-refractivity contribution in [2.24, 2.45) is 5.92 Å². The molecule has 0 bridgehead atoms. The Labute approximate surface area is 212 Å². The average molecular weight is 506 g/mol. The third-order valence-corrected chi connectivity index (χ3v) is 7.03. The van der Waals surface area contributed by atoms with Gasteiger partial charge in [-0.3, -0.25) is 4.79 Å². The van der Waals surface area contributed by atoms with Crippen LogP contribution in [0.2, 0.25) is 0 Å². The van der Waals surface area contributed by atoms with Crippen LogP contribution in [0.1, 0.15) is 130 Å². The van der Waals surface area contributed by atoms with Gasteiger partial charge in [0.05, 0.1) is 13.2 Å². The number of ether oxygens (including phenoxy) is 1. The van der Waals surface area contributed by atoms with Crippen LogP contribution >= 0.6 is 8.60 Å². The number of unbranched alkanes of at least 4 members (excludes halogenated alkanes) is 12. The van der Waals surface area contributed by atoms with Crippen LogP contribution in [0.25, 0.3) is 0 Å². The van der Waals surface area contributed by atoms with Crippen molar-refractivity contribution in [1.29, 1.82) is 0 Å². The number of esters is 1. The average Bonchev–Trinajstić information content (AvgIpc) is 2.81. The molecule has 0 rings (SSSR count). The summed E-state index contributed by atoms with van der Waals surface area (Å²) in [6.45, 7) is 7.42. The lowest BCUT2D eigenvalue weighted by molar-refractivity contribution is -0.148. The third kappa shape index (κ3) is 24.9. The monoisotopic (exact) mass is 505 g/mol. The van der Waals surface area contributed by atoms with Gasteiger partial charge in [-0.2, -0.15) is 0 Å². The van der Waals surface area contributed by atoms with Crippen LogP contribution in [0, 0.1) is 5.92 Å². The highest BCUT2D eigenvalue weighted by molar-refractivity contribution is 7.40. The summed E-state index contributed by atoms with van der Waals surface area (Å²) in [6.07, 6.45) is 21.4. The summed E-state index contributed by atoms with van der Waals surface area (Å²) in [5, 5.41) is 3.03. The second-order valence-corrected chi connectivity index (χ2v) is 10.8. The van der Waals surface area contributed by atoms with Gasteiger partial charge in [0.1, 0.15) is 6.10 Å². The van der Waals surface area contributed by atoms with Crippen molar-refractivity contribution in [3.8, 4) is 0 Å². The quantitative estimate of drug-likeness (QED) is 0.0713. The standard InChI is InChI=1S/C27H56NO5P/c1-5-6-7-8-9-10-11-12-13-14-15-16-17-19-25(2)20-21-27(33-26(3)29)24-32-34(30)31-23-18-22-28-4/h25,27-28,30H,5-24H2,1-4H3. The molecule has 0 aliphatic heterocycles. The predicted octanol–water partition coefficient (Wildman–Crippen LogP) is 7.68. The second-order valence-electron chi connectivity index (χ2n) is 9.77. The van der Waals surface area contributed by atoms with Gasteiger partial charge in [-0.1, -0.05) is 104 Å². The van der Waals surface area contributed by atoms with E-state index in [9.17, 15) is 9.69 Å². The van der Waals surface area contributed by atoms with Gasteiger partial charge >= 0.3 is 14.6 Å². The first-order valence-corrected chi connectivity index (χ1v) is 15.2. The zero-order chi connectivity index (χ0) is 25.3. The van der Waals surface area contributed by atoms with Gasteiger partial charge in [-0.25, -0.2) is 0 Å². The van der Waals surface area contributed by atoms with Crippen LogP contribution in [0.15, 0.2) is 0 Å². The molecule has 7 heteroatoms. The molecule has 0 saturated carbocycles. The van der Waals surface area contributed by atoms with Gasteiger partial charge in [0.15, 0.2) is 0 Å². The van der Waals surface area contributed by atoms with Crippen molar-refractivity contribution in [3.63, 3.8) is 0 Å². The van der Waals surface area contributed by atoms with Gasteiger partial charge < -0.3 is 24.0 Å². The first-order chi connectivity index (χ1) is 16.5. The molecule has 6 nitrogen and oxygen atoms in total. The fraction of sp³-hybridized carbons (Fsp3) is 0.963. The summed E-state index contributed by atoms with van der Waals surface area (Å²) in [4.78, 5) is 21.3. The van der Waals surface area contributed by atoms with Crippen molar-refractivity contribution < 1.29 is 23.5 Å². The summed E-state index contributed by atoms with van der Waals surface area (Å²) < 4.78 is 16.1. The molecule has 0 fully saturated rings. The number of hydrogen-bond acceptors (Lipinski definition) is 6. The minimum Gasteiger partial charge on any atom is -0.460 e. The van der Waals surface area contributed by atoms with Gasteiger partial charge in [0.2, 0.25) is 0 Å². The first kappa shape index (κ1) is 33.7. The minimum absolute atomic E-state index is 0.180. The maximum absolute atomic E-state index is 11.4. The number of carbonyl (C=O) groups is 1. The van der Waals surface area contributed by atoms with Crippen LogP contribution < -0.4 is 5.32 Å². The summed E-state index contributed by atoms with van der Waals surface area (Å²) >= 11 is 0. The number of carbonyl (C=O) groups excluding carboxylic acids is 1. The van der Waals surface area contributed by atoms with Gasteiger partial charge in [-0.15, -0.1) is 0 Å². The molecule has 3 atom stereocenters. The zero-order valence-electron chi connectivity index (χ0n) is 22.8. The van der Waals surface area contributed by atoms with Gasteiger partial charge in [-0.05, 0) is 38.8 Å². The maximum Gasteiger partial charge on any atom is 0.329 e. The molecule has 0 aliphatic rings. The largest absolute Gasteiger partial charge is 0.460 e. The summed E-state index contributed by atoms with van der Waals surface area (Å²) in [5.74, 6) is 0.286.